The van der Waals surface area contributed by atoms with Crippen LogP contribution in [0.2, 0.25) is 0 Å². The van der Waals surface area contributed by atoms with Crippen molar-refractivity contribution in [2.75, 3.05) is 4.90 Å². The summed E-state index contributed by atoms with van der Waals surface area (Å²) in [7, 11) is 0. The lowest BCUT2D eigenvalue weighted by molar-refractivity contribution is 0.0977. The number of anilines is 1. The molecule has 2 heterocycles. The van der Waals surface area contributed by atoms with Gasteiger partial charge in [0.25, 0.3) is 5.91 Å². The number of aromatic nitrogens is 3. The first kappa shape index (κ1) is 17.4. The summed E-state index contributed by atoms with van der Waals surface area (Å²) in [4.78, 5) is 15.5. The summed E-state index contributed by atoms with van der Waals surface area (Å²) >= 11 is 0. The van der Waals surface area contributed by atoms with E-state index < -0.39 is 0 Å². The van der Waals surface area contributed by atoms with E-state index in [1.54, 1.807) is 4.68 Å². The lowest BCUT2D eigenvalue weighted by Gasteiger charge is -2.22. The van der Waals surface area contributed by atoms with Gasteiger partial charge in [0.2, 0.25) is 0 Å². The Labute approximate surface area is 169 Å². The highest BCUT2D eigenvalue weighted by Gasteiger charge is 2.34. The lowest BCUT2D eigenvalue weighted by atomic mass is 10.1. The van der Waals surface area contributed by atoms with Crippen molar-refractivity contribution in [2.45, 2.75) is 19.4 Å². The van der Waals surface area contributed by atoms with Crippen molar-refractivity contribution in [2.24, 2.45) is 0 Å². The van der Waals surface area contributed by atoms with Crippen LogP contribution < -0.4 is 4.90 Å². The molecule has 29 heavy (non-hydrogen) atoms. The molecular formula is C24H20N4O. The van der Waals surface area contributed by atoms with Crippen LogP contribution >= 0.6 is 0 Å². The number of carbonyl (C=O) groups is 1. The fourth-order valence-corrected chi connectivity index (χ4v) is 4.02. The highest BCUT2D eigenvalue weighted by Crippen LogP contribution is 2.35. The molecule has 142 valence electrons. The van der Waals surface area contributed by atoms with Gasteiger partial charge in [-0.2, -0.15) is 0 Å². The third-order valence-electron chi connectivity index (χ3n) is 5.35. The van der Waals surface area contributed by atoms with Crippen molar-refractivity contribution >= 4 is 11.6 Å². The third kappa shape index (κ3) is 2.91. The number of nitrogens with zero attached hydrogens (tertiary/aromatic N) is 4. The predicted molar refractivity (Wildman–Crippen MR) is 113 cm³/mol. The lowest BCUT2D eigenvalue weighted by Crippen LogP contribution is -2.36. The minimum absolute atomic E-state index is 0.0744. The Morgan fingerprint density at radius 3 is 2.31 bits per heavy atom. The molecule has 0 spiro atoms. The van der Waals surface area contributed by atoms with Crippen LogP contribution in [0.25, 0.3) is 16.9 Å². The molecule has 0 fully saturated rings. The number of hydrogen-bond acceptors (Lipinski definition) is 3. The number of amides is 1. The Kier molecular flexibility index (Phi) is 4.21. The molecule has 1 unspecified atom stereocenters. The molecule has 5 heteroatoms. The van der Waals surface area contributed by atoms with E-state index in [0.717, 1.165) is 23.4 Å². The first-order chi connectivity index (χ1) is 14.2. The fraction of sp³-hybridized carbons (Fsp3) is 0.125. The molecule has 0 bridgehead atoms. The van der Waals surface area contributed by atoms with E-state index in [0.29, 0.717) is 11.4 Å². The molecule has 0 radical (unpaired) electrons. The molecular weight excluding hydrogens is 360 g/mol. The van der Waals surface area contributed by atoms with E-state index in [2.05, 4.69) is 23.3 Å². The van der Waals surface area contributed by atoms with E-state index in [4.69, 9.17) is 0 Å². The summed E-state index contributed by atoms with van der Waals surface area (Å²) in [5.41, 5.74) is 4.99. The Balaban J connectivity index is 1.66. The second kappa shape index (κ2) is 7.02. The average molecular weight is 380 g/mol. The topological polar surface area (TPSA) is 51.0 Å². The molecule has 0 saturated carbocycles. The van der Waals surface area contributed by atoms with Gasteiger partial charge in [-0.3, -0.25) is 4.79 Å². The van der Waals surface area contributed by atoms with E-state index in [1.807, 2.05) is 83.8 Å². The second-order valence-electron chi connectivity index (χ2n) is 7.26. The van der Waals surface area contributed by atoms with Gasteiger partial charge in [-0.1, -0.05) is 71.9 Å². The number of benzene rings is 3. The summed E-state index contributed by atoms with van der Waals surface area (Å²) in [5, 5.41) is 8.70. The number of para-hydroxylation sites is 2. The van der Waals surface area contributed by atoms with Gasteiger partial charge in [0, 0.05) is 17.3 Å². The van der Waals surface area contributed by atoms with E-state index in [-0.39, 0.29) is 11.9 Å². The van der Waals surface area contributed by atoms with Crippen molar-refractivity contribution in [3.8, 4) is 16.9 Å². The molecule has 0 N–H and O–H groups in total. The van der Waals surface area contributed by atoms with Crippen LogP contribution in [0.1, 0.15) is 23.0 Å². The Hall–Kier alpha value is -3.73. The molecule has 1 aliphatic rings. The summed E-state index contributed by atoms with van der Waals surface area (Å²) in [6, 6.07) is 27.8. The summed E-state index contributed by atoms with van der Waals surface area (Å²) in [6.45, 7) is 2.07. The molecule has 1 aliphatic heterocycles. The minimum Gasteiger partial charge on any atom is -0.304 e. The molecule has 5 nitrogen and oxygen atoms in total. The van der Waals surface area contributed by atoms with Gasteiger partial charge in [0.15, 0.2) is 5.69 Å². The molecule has 0 saturated heterocycles. The zero-order valence-corrected chi connectivity index (χ0v) is 16.1. The van der Waals surface area contributed by atoms with Crippen LogP contribution in [0, 0.1) is 0 Å². The maximum atomic E-state index is 13.7. The molecule has 1 aromatic heterocycles. The van der Waals surface area contributed by atoms with Crippen LogP contribution in [0.5, 0.6) is 0 Å². The molecule has 0 aliphatic carbocycles. The Morgan fingerprint density at radius 2 is 1.55 bits per heavy atom. The van der Waals surface area contributed by atoms with Crippen LogP contribution in [-0.2, 0) is 6.42 Å². The van der Waals surface area contributed by atoms with Crippen molar-refractivity contribution in [1.82, 2.24) is 15.0 Å². The van der Waals surface area contributed by atoms with Gasteiger partial charge in [0.1, 0.15) is 5.69 Å². The smallest absolute Gasteiger partial charge is 0.281 e. The summed E-state index contributed by atoms with van der Waals surface area (Å²) in [6.07, 6.45) is 0.843. The second-order valence-corrected chi connectivity index (χ2v) is 7.26. The van der Waals surface area contributed by atoms with Crippen molar-refractivity contribution in [1.29, 1.82) is 0 Å². The maximum absolute atomic E-state index is 13.7. The quantitative estimate of drug-likeness (QED) is 0.525. The summed E-state index contributed by atoms with van der Waals surface area (Å²) < 4.78 is 1.75. The molecule has 5 rings (SSSR count). The number of rotatable bonds is 3. The zero-order valence-electron chi connectivity index (χ0n) is 16.1. The molecule has 1 amide bonds. The van der Waals surface area contributed by atoms with Crippen LogP contribution in [0.3, 0.4) is 0 Å². The standard InChI is InChI=1S/C24H20N4O/c1-17-16-19-12-8-9-15-21(19)27(17)24(29)22-23(18-10-4-2-5-11-18)28(26-25-22)20-13-6-3-7-14-20/h2-15,17H,16H2,1H3. The van der Waals surface area contributed by atoms with Crippen molar-refractivity contribution in [3.63, 3.8) is 0 Å². The van der Waals surface area contributed by atoms with Crippen molar-refractivity contribution in [3.05, 3.63) is 96.2 Å². The zero-order chi connectivity index (χ0) is 19.8. The fourth-order valence-electron chi connectivity index (χ4n) is 4.02. The van der Waals surface area contributed by atoms with Gasteiger partial charge < -0.3 is 4.90 Å². The first-order valence-electron chi connectivity index (χ1n) is 9.72. The van der Waals surface area contributed by atoms with Gasteiger partial charge in [-0.25, -0.2) is 4.68 Å². The highest BCUT2D eigenvalue weighted by atomic mass is 16.2. The van der Waals surface area contributed by atoms with Gasteiger partial charge >= 0.3 is 0 Å². The summed E-state index contributed by atoms with van der Waals surface area (Å²) in [5.74, 6) is -0.122. The monoisotopic (exact) mass is 380 g/mol. The SMILES string of the molecule is CC1Cc2ccccc2N1C(=O)c1nnn(-c2ccccc2)c1-c1ccccc1. The van der Waals surface area contributed by atoms with Gasteiger partial charge in [0.05, 0.1) is 5.69 Å². The minimum atomic E-state index is -0.122. The molecule has 3 aromatic carbocycles. The Morgan fingerprint density at radius 1 is 0.897 bits per heavy atom. The Bertz CT molecular complexity index is 1170. The number of carbonyl (C=O) groups excluding carboxylic acids is 1. The van der Waals surface area contributed by atoms with Gasteiger partial charge in [-0.05, 0) is 37.1 Å². The number of hydrogen-bond donors (Lipinski definition) is 0. The first-order valence-corrected chi connectivity index (χ1v) is 9.72. The maximum Gasteiger partial charge on any atom is 0.281 e. The van der Waals surface area contributed by atoms with Gasteiger partial charge in [-0.15, -0.1) is 5.10 Å². The normalized spacial score (nSPS) is 15.3. The highest BCUT2D eigenvalue weighted by molar-refractivity contribution is 6.09. The molecule has 1 atom stereocenters. The average Bonchev–Trinajstić information content (AvgIpc) is 3.35. The van der Waals surface area contributed by atoms with E-state index in [1.165, 1.54) is 5.56 Å². The third-order valence-corrected chi connectivity index (χ3v) is 5.35. The van der Waals surface area contributed by atoms with Crippen molar-refractivity contribution < 1.29 is 4.79 Å². The van der Waals surface area contributed by atoms with Crippen LogP contribution in [-0.4, -0.2) is 26.9 Å². The predicted octanol–water partition coefficient (Wildman–Crippen LogP) is 4.53. The molecule has 4 aromatic rings. The number of fused-ring (bicyclic) bond motifs is 1. The van der Waals surface area contributed by atoms with E-state index in [9.17, 15) is 4.79 Å². The van der Waals surface area contributed by atoms with E-state index >= 15 is 0 Å². The van der Waals surface area contributed by atoms with Crippen LogP contribution in [0.4, 0.5) is 5.69 Å². The largest absolute Gasteiger partial charge is 0.304 e. The van der Waals surface area contributed by atoms with Crippen LogP contribution in [0.15, 0.2) is 84.9 Å².